The molecule has 0 aliphatic carbocycles. The molecule has 0 saturated carbocycles. The Morgan fingerprint density at radius 3 is 1.88 bits per heavy atom. The molecule has 0 unspecified atom stereocenters. The van der Waals surface area contributed by atoms with Gasteiger partial charge in [-0.15, -0.1) is 24.0 Å². The van der Waals surface area contributed by atoms with Crippen LogP contribution in [0.3, 0.4) is 0 Å². The minimum atomic E-state index is -3.17. The van der Waals surface area contributed by atoms with Crippen molar-refractivity contribution in [3.8, 4) is 0 Å². The van der Waals surface area contributed by atoms with Gasteiger partial charge in [-0.3, -0.25) is 4.99 Å². The van der Waals surface area contributed by atoms with Crippen molar-refractivity contribution in [3.63, 3.8) is 0 Å². The first kappa shape index (κ1) is 26.9. The van der Waals surface area contributed by atoms with Gasteiger partial charge < -0.3 is 10.6 Å². The summed E-state index contributed by atoms with van der Waals surface area (Å²) in [6.45, 7) is 4.15. The van der Waals surface area contributed by atoms with E-state index < -0.39 is 9.84 Å². The summed E-state index contributed by atoms with van der Waals surface area (Å²) >= 11 is 0. The molecule has 176 valence electrons. The molecule has 33 heavy (non-hydrogen) atoms. The number of halogens is 1. The molecule has 3 aromatic rings. The lowest BCUT2D eigenvalue weighted by molar-refractivity contribution is 0.602. The fraction of sp³-hybridized carbons (Fsp3) is 0.269. The number of benzene rings is 3. The number of guanidine groups is 1. The quantitative estimate of drug-likeness (QED) is 0.221. The highest BCUT2D eigenvalue weighted by Crippen LogP contribution is 2.24. The summed E-state index contributed by atoms with van der Waals surface area (Å²) in [5, 5.41) is 6.71. The maximum Gasteiger partial charge on any atom is 0.191 e. The number of rotatable bonds is 9. The van der Waals surface area contributed by atoms with Crippen LogP contribution in [-0.2, 0) is 16.3 Å². The molecule has 0 aromatic heterocycles. The highest BCUT2D eigenvalue weighted by molar-refractivity contribution is 14.0. The maximum absolute atomic E-state index is 11.6. The molecule has 0 heterocycles. The van der Waals surface area contributed by atoms with E-state index >= 15 is 0 Å². The van der Waals surface area contributed by atoms with E-state index in [2.05, 4.69) is 59.2 Å². The average molecular weight is 578 g/mol. The Hall–Kier alpha value is -2.39. The normalized spacial score (nSPS) is 11.7. The highest BCUT2D eigenvalue weighted by atomic mass is 127. The van der Waals surface area contributed by atoms with Gasteiger partial charge in [-0.2, -0.15) is 0 Å². The number of sulfone groups is 1. The molecule has 2 N–H and O–H groups in total. The van der Waals surface area contributed by atoms with Crippen molar-refractivity contribution in [2.24, 2.45) is 4.99 Å². The van der Waals surface area contributed by atoms with Crippen LogP contribution in [0.2, 0.25) is 0 Å². The maximum atomic E-state index is 11.6. The molecule has 0 aliphatic heterocycles. The summed E-state index contributed by atoms with van der Waals surface area (Å²) in [4.78, 5) is 5.20. The zero-order valence-electron chi connectivity index (χ0n) is 19.1. The van der Waals surface area contributed by atoms with Crippen molar-refractivity contribution in [3.05, 3.63) is 102 Å². The van der Waals surface area contributed by atoms with Gasteiger partial charge in [-0.05, 0) is 42.2 Å². The third-order valence-electron chi connectivity index (χ3n) is 5.24. The smallest absolute Gasteiger partial charge is 0.191 e. The van der Waals surface area contributed by atoms with E-state index in [0.29, 0.717) is 18.0 Å². The average Bonchev–Trinajstić information content (AvgIpc) is 2.80. The van der Waals surface area contributed by atoms with Crippen LogP contribution in [0.5, 0.6) is 0 Å². The summed E-state index contributed by atoms with van der Waals surface area (Å²) in [7, 11) is -3.17. The zero-order valence-corrected chi connectivity index (χ0v) is 22.2. The Labute approximate surface area is 214 Å². The van der Waals surface area contributed by atoms with Crippen LogP contribution in [0.4, 0.5) is 0 Å². The minimum absolute atomic E-state index is 0. The SMILES string of the molecule is CCNC(=NCC(c1ccccc1)c1ccccc1)NCCc1ccc(S(C)(=O)=O)cc1.I. The number of nitrogens with one attached hydrogen (secondary N) is 2. The van der Waals surface area contributed by atoms with Crippen molar-refractivity contribution in [1.82, 2.24) is 10.6 Å². The summed E-state index contributed by atoms with van der Waals surface area (Å²) in [5.41, 5.74) is 3.56. The monoisotopic (exact) mass is 577 g/mol. The molecular formula is C26H32IN3O2S. The van der Waals surface area contributed by atoms with Gasteiger partial charge in [0, 0.05) is 25.3 Å². The standard InChI is InChI=1S/C26H31N3O2S.HI/c1-3-27-26(28-19-18-21-14-16-24(17-15-21)32(2,30)31)29-20-25(22-10-6-4-7-11-22)23-12-8-5-9-13-23;/h4-17,25H,3,18-20H2,1-2H3,(H2,27,28,29);1H. The van der Waals surface area contributed by atoms with Crippen molar-refractivity contribution < 1.29 is 8.42 Å². The lowest BCUT2D eigenvalue weighted by Crippen LogP contribution is -2.38. The van der Waals surface area contributed by atoms with Gasteiger partial charge in [0.15, 0.2) is 15.8 Å². The molecule has 0 bridgehead atoms. The molecule has 0 spiro atoms. The van der Waals surface area contributed by atoms with E-state index in [1.807, 2.05) is 31.2 Å². The molecule has 0 atom stereocenters. The van der Waals surface area contributed by atoms with Gasteiger partial charge in [0.05, 0.1) is 11.4 Å². The van der Waals surface area contributed by atoms with Crippen LogP contribution in [0.15, 0.2) is 94.8 Å². The third-order valence-corrected chi connectivity index (χ3v) is 6.37. The van der Waals surface area contributed by atoms with Crippen molar-refractivity contribution in [2.45, 2.75) is 24.2 Å². The second kappa shape index (κ2) is 13.3. The topological polar surface area (TPSA) is 70.6 Å². The zero-order chi connectivity index (χ0) is 22.8. The molecule has 7 heteroatoms. The fourth-order valence-electron chi connectivity index (χ4n) is 3.53. The Balaban J connectivity index is 0.00000385. The highest BCUT2D eigenvalue weighted by Gasteiger charge is 2.14. The van der Waals surface area contributed by atoms with E-state index in [1.54, 1.807) is 12.1 Å². The predicted octanol–water partition coefficient (Wildman–Crippen LogP) is 4.64. The van der Waals surface area contributed by atoms with E-state index in [4.69, 9.17) is 4.99 Å². The number of nitrogens with zero attached hydrogens (tertiary/aromatic N) is 1. The lowest BCUT2D eigenvalue weighted by Gasteiger charge is -2.18. The molecule has 3 rings (SSSR count). The van der Waals surface area contributed by atoms with Crippen molar-refractivity contribution >= 4 is 39.8 Å². The number of hydrogen-bond acceptors (Lipinski definition) is 3. The molecule has 5 nitrogen and oxygen atoms in total. The van der Waals surface area contributed by atoms with Crippen LogP contribution < -0.4 is 10.6 Å². The van der Waals surface area contributed by atoms with E-state index in [9.17, 15) is 8.42 Å². The Kier molecular flexibility index (Phi) is 10.9. The van der Waals surface area contributed by atoms with Gasteiger partial charge in [0.1, 0.15) is 0 Å². The van der Waals surface area contributed by atoms with Crippen LogP contribution in [0.1, 0.15) is 29.5 Å². The first-order valence-electron chi connectivity index (χ1n) is 10.9. The van der Waals surface area contributed by atoms with E-state index in [0.717, 1.165) is 24.5 Å². The second-order valence-corrected chi connectivity index (χ2v) is 9.70. The van der Waals surface area contributed by atoms with Crippen molar-refractivity contribution in [2.75, 3.05) is 25.9 Å². The van der Waals surface area contributed by atoms with E-state index in [-0.39, 0.29) is 29.9 Å². The number of aliphatic imine (C=N–C) groups is 1. The first-order chi connectivity index (χ1) is 15.5. The third kappa shape index (κ3) is 8.47. The lowest BCUT2D eigenvalue weighted by atomic mass is 9.91. The number of hydrogen-bond donors (Lipinski definition) is 2. The predicted molar refractivity (Wildman–Crippen MR) is 147 cm³/mol. The van der Waals surface area contributed by atoms with Gasteiger partial charge in [0.2, 0.25) is 0 Å². The minimum Gasteiger partial charge on any atom is -0.357 e. The molecule has 3 aromatic carbocycles. The van der Waals surface area contributed by atoms with Gasteiger partial charge in [-0.1, -0.05) is 72.8 Å². The second-order valence-electron chi connectivity index (χ2n) is 7.69. The van der Waals surface area contributed by atoms with Gasteiger partial charge >= 0.3 is 0 Å². The molecule has 0 amide bonds. The summed E-state index contributed by atoms with van der Waals surface area (Å²) < 4.78 is 23.2. The first-order valence-corrected chi connectivity index (χ1v) is 12.8. The largest absolute Gasteiger partial charge is 0.357 e. The summed E-state index contributed by atoms with van der Waals surface area (Å²) in [6, 6.07) is 27.9. The molecule has 0 fully saturated rings. The fourth-order valence-corrected chi connectivity index (χ4v) is 4.16. The Morgan fingerprint density at radius 1 is 0.848 bits per heavy atom. The molecule has 0 aliphatic rings. The van der Waals surface area contributed by atoms with Crippen LogP contribution >= 0.6 is 24.0 Å². The molecule has 0 saturated heterocycles. The molecular weight excluding hydrogens is 545 g/mol. The summed E-state index contributed by atoms with van der Waals surface area (Å²) in [6.07, 6.45) is 2.00. The van der Waals surface area contributed by atoms with Crippen LogP contribution in [0, 0.1) is 0 Å². The van der Waals surface area contributed by atoms with Crippen LogP contribution in [-0.4, -0.2) is 40.3 Å². The van der Waals surface area contributed by atoms with Gasteiger partial charge in [0.25, 0.3) is 0 Å². The van der Waals surface area contributed by atoms with Crippen LogP contribution in [0.25, 0.3) is 0 Å². The Bertz CT molecular complexity index is 1060. The van der Waals surface area contributed by atoms with Gasteiger partial charge in [-0.25, -0.2) is 8.42 Å². The molecule has 0 radical (unpaired) electrons. The summed E-state index contributed by atoms with van der Waals surface area (Å²) in [5.74, 6) is 0.952. The van der Waals surface area contributed by atoms with Crippen molar-refractivity contribution in [1.29, 1.82) is 0 Å². The Morgan fingerprint density at radius 2 is 1.39 bits per heavy atom. The van der Waals surface area contributed by atoms with E-state index in [1.165, 1.54) is 17.4 Å².